The first kappa shape index (κ1) is 18.8. The van der Waals surface area contributed by atoms with Crippen LogP contribution in [0.2, 0.25) is 0 Å². The van der Waals surface area contributed by atoms with Gasteiger partial charge in [-0.15, -0.1) is 0 Å². The van der Waals surface area contributed by atoms with Gasteiger partial charge < -0.3 is 4.57 Å². The van der Waals surface area contributed by atoms with E-state index in [1.807, 2.05) is 0 Å². The molecule has 0 fully saturated rings. The molecule has 2 heteroatoms. The molecule has 0 spiro atoms. The summed E-state index contributed by atoms with van der Waals surface area (Å²) in [6.45, 7) is 2.20. The normalized spacial score (nSPS) is 11.6. The molecule has 0 saturated heterocycles. The number of aryl methyl sites for hydroxylation is 3. The zero-order valence-electron chi connectivity index (χ0n) is 18.6. The summed E-state index contributed by atoms with van der Waals surface area (Å²) < 4.78 is 4.62. The molecule has 32 heavy (non-hydrogen) atoms. The smallest absolute Gasteiger partial charge is 0.222 e. The number of nitrogens with zero attached hydrogens (tertiary/aromatic N) is 2. The zero-order valence-corrected chi connectivity index (χ0v) is 18.6. The summed E-state index contributed by atoms with van der Waals surface area (Å²) in [5, 5.41) is 5.18. The SMILES string of the molecule is Cc1ccccc1-c1c2c3ccc4ccc(-c5ccccc5)cc4c3n(C)c2cc[n+]1C. The predicted molar refractivity (Wildman–Crippen MR) is 135 cm³/mol. The Morgan fingerprint density at radius 2 is 1.47 bits per heavy atom. The lowest BCUT2D eigenvalue weighted by Gasteiger charge is -2.07. The summed E-state index contributed by atoms with van der Waals surface area (Å²) in [7, 11) is 4.34. The molecule has 0 aliphatic carbocycles. The molecule has 0 aliphatic rings. The van der Waals surface area contributed by atoms with Crippen LogP contribution in [0.15, 0.2) is 97.2 Å². The van der Waals surface area contributed by atoms with Gasteiger partial charge in [-0.05, 0) is 41.1 Å². The average Bonchev–Trinajstić information content (AvgIpc) is 3.12. The Bertz CT molecular complexity index is 1640. The van der Waals surface area contributed by atoms with Crippen molar-refractivity contribution >= 4 is 32.6 Å². The van der Waals surface area contributed by atoms with Crippen molar-refractivity contribution in [3.63, 3.8) is 0 Å². The lowest BCUT2D eigenvalue weighted by Crippen LogP contribution is -2.30. The van der Waals surface area contributed by atoms with Crippen LogP contribution in [0.5, 0.6) is 0 Å². The van der Waals surface area contributed by atoms with Gasteiger partial charge >= 0.3 is 0 Å². The molecule has 154 valence electrons. The maximum absolute atomic E-state index is 2.36. The Kier molecular flexibility index (Phi) is 4.16. The van der Waals surface area contributed by atoms with Crippen LogP contribution in [0.4, 0.5) is 0 Å². The number of fused-ring (bicyclic) bond motifs is 5. The van der Waals surface area contributed by atoms with Crippen LogP contribution >= 0.6 is 0 Å². The Hall–Kier alpha value is -3.91. The summed E-state index contributed by atoms with van der Waals surface area (Å²) in [6, 6.07) is 32.9. The molecule has 2 heterocycles. The van der Waals surface area contributed by atoms with Crippen LogP contribution in [-0.4, -0.2) is 4.57 Å². The van der Waals surface area contributed by atoms with E-state index in [4.69, 9.17) is 0 Å². The Labute approximate surface area is 188 Å². The van der Waals surface area contributed by atoms with Crippen molar-refractivity contribution in [1.82, 2.24) is 4.57 Å². The predicted octanol–water partition coefficient (Wildman–Crippen LogP) is 6.95. The van der Waals surface area contributed by atoms with E-state index in [9.17, 15) is 0 Å². The Balaban J connectivity index is 1.75. The summed E-state index contributed by atoms with van der Waals surface area (Å²) in [5.41, 5.74) is 8.89. The molecule has 4 aromatic carbocycles. The third-order valence-electron chi connectivity index (χ3n) is 6.77. The van der Waals surface area contributed by atoms with Gasteiger partial charge in [-0.1, -0.05) is 72.8 Å². The van der Waals surface area contributed by atoms with Crippen LogP contribution in [0.25, 0.3) is 55.0 Å². The highest BCUT2D eigenvalue weighted by molar-refractivity contribution is 6.20. The molecule has 0 atom stereocenters. The second-order valence-electron chi connectivity index (χ2n) is 8.67. The number of aromatic nitrogens is 2. The second-order valence-corrected chi connectivity index (χ2v) is 8.67. The quantitative estimate of drug-likeness (QED) is 0.272. The number of hydrogen-bond acceptors (Lipinski definition) is 0. The lowest BCUT2D eigenvalue weighted by atomic mass is 9.97. The molecule has 0 saturated carbocycles. The van der Waals surface area contributed by atoms with Crippen LogP contribution in [0.3, 0.4) is 0 Å². The Morgan fingerprint density at radius 1 is 0.719 bits per heavy atom. The minimum Gasteiger partial charge on any atom is -0.343 e. The molecule has 6 aromatic rings. The van der Waals surface area contributed by atoms with Gasteiger partial charge in [0, 0.05) is 29.4 Å². The molecule has 0 amide bonds. The first-order chi connectivity index (χ1) is 15.6. The molecular weight excluding hydrogens is 388 g/mol. The molecule has 0 unspecified atom stereocenters. The largest absolute Gasteiger partial charge is 0.343 e. The average molecular weight is 414 g/mol. The summed E-state index contributed by atoms with van der Waals surface area (Å²) >= 11 is 0. The second kappa shape index (κ2) is 7.06. The molecule has 0 bridgehead atoms. The van der Waals surface area contributed by atoms with Crippen molar-refractivity contribution in [2.75, 3.05) is 0 Å². The highest BCUT2D eigenvalue weighted by atomic mass is 15.0. The standard InChI is InChI=1S/C30H25N2/c1-20-9-7-8-12-24(20)30-28-25-16-15-22-13-14-23(21-10-5-4-6-11-21)19-26(22)29(25)32(3)27(28)17-18-31(30)2/h4-19H,1-3H3/q+1. The van der Waals surface area contributed by atoms with Gasteiger partial charge in [0.25, 0.3) is 0 Å². The van der Waals surface area contributed by atoms with E-state index < -0.39 is 0 Å². The molecular formula is C30H25N2+. The molecule has 0 N–H and O–H groups in total. The molecule has 6 rings (SSSR count). The first-order valence-corrected chi connectivity index (χ1v) is 11.1. The van der Waals surface area contributed by atoms with E-state index in [-0.39, 0.29) is 0 Å². The Morgan fingerprint density at radius 3 is 2.28 bits per heavy atom. The topological polar surface area (TPSA) is 8.81 Å². The molecule has 2 aromatic heterocycles. The lowest BCUT2D eigenvalue weighted by molar-refractivity contribution is -0.659. The first-order valence-electron chi connectivity index (χ1n) is 11.1. The summed E-state index contributed by atoms with van der Waals surface area (Å²) in [5.74, 6) is 0. The monoisotopic (exact) mass is 413 g/mol. The van der Waals surface area contributed by atoms with Crippen molar-refractivity contribution < 1.29 is 4.57 Å². The van der Waals surface area contributed by atoms with Gasteiger partial charge in [0.2, 0.25) is 5.69 Å². The van der Waals surface area contributed by atoms with Gasteiger partial charge in [-0.3, -0.25) is 0 Å². The van der Waals surface area contributed by atoms with Gasteiger partial charge in [0.15, 0.2) is 6.20 Å². The van der Waals surface area contributed by atoms with E-state index in [1.165, 1.54) is 60.5 Å². The van der Waals surface area contributed by atoms with E-state index in [0.717, 1.165) is 0 Å². The summed E-state index contributed by atoms with van der Waals surface area (Å²) in [4.78, 5) is 0. The van der Waals surface area contributed by atoms with E-state index in [1.54, 1.807) is 0 Å². The van der Waals surface area contributed by atoms with Gasteiger partial charge in [0.05, 0.1) is 16.4 Å². The van der Waals surface area contributed by atoms with Crippen LogP contribution in [0, 0.1) is 6.92 Å². The fourth-order valence-corrected chi connectivity index (χ4v) is 5.14. The highest BCUT2D eigenvalue weighted by Crippen LogP contribution is 2.39. The van der Waals surface area contributed by atoms with Crippen LogP contribution < -0.4 is 4.57 Å². The summed E-state index contributed by atoms with van der Waals surface area (Å²) in [6.07, 6.45) is 2.18. The van der Waals surface area contributed by atoms with E-state index in [0.29, 0.717) is 0 Å². The third kappa shape index (κ3) is 2.69. The van der Waals surface area contributed by atoms with Crippen molar-refractivity contribution in [2.45, 2.75) is 6.92 Å². The molecule has 2 nitrogen and oxygen atoms in total. The highest BCUT2D eigenvalue weighted by Gasteiger charge is 2.23. The van der Waals surface area contributed by atoms with E-state index in [2.05, 4.69) is 127 Å². The maximum Gasteiger partial charge on any atom is 0.222 e. The van der Waals surface area contributed by atoms with Gasteiger partial charge in [-0.25, -0.2) is 4.57 Å². The maximum atomic E-state index is 2.36. The fraction of sp³-hybridized carbons (Fsp3) is 0.100. The van der Waals surface area contributed by atoms with Crippen LogP contribution in [0.1, 0.15) is 5.56 Å². The minimum absolute atomic E-state index is 1.25. The van der Waals surface area contributed by atoms with Crippen molar-refractivity contribution in [3.05, 3.63) is 103 Å². The van der Waals surface area contributed by atoms with Crippen molar-refractivity contribution in [3.8, 4) is 22.4 Å². The third-order valence-corrected chi connectivity index (χ3v) is 6.77. The van der Waals surface area contributed by atoms with Gasteiger partial charge in [0.1, 0.15) is 7.05 Å². The fourth-order valence-electron chi connectivity index (χ4n) is 5.14. The van der Waals surface area contributed by atoms with Crippen LogP contribution in [-0.2, 0) is 14.1 Å². The number of hydrogen-bond donors (Lipinski definition) is 0. The number of benzene rings is 4. The van der Waals surface area contributed by atoms with E-state index >= 15 is 0 Å². The van der Waals surface area contributed by atoms with Gasteiger partial charge in [-0.2, -0.15) is 0 Å². The minimum atomic E-state index is 1.25. The number of pyridine rings is 1. The van der Waals surface area contributed by atoms with Crippen molar-refractivity contribution in [2.24, 2.45) is 14.1 Å². The zero-order chi connectivity index (χ0) is 21.8. The number of rotatable bonds is 2. The van der Waals surface area contributed by atoms with Crippen molar-refractivity contribution in [1.29, 1.82) is 0 Å². The molecule has 0 aliphatic heterocycles. The molecule has 0 radical (unpaired) electrons.